The molecule has 176 valence electrons. The minimum Gasteiger partial charge on any atom is -0.369 e. The standard InChI is InChI=1S/C24H21Cl2N3O3S2/c25-18-5-3-6-19(14-18)27-10-12-28(13-11-27)34(31,32)20-8-9-23-22(15-20)29(24(30)33-23)16-17-4-1-2-7-21(17)26/h1-9,14-15H,10-13,16H2. The minimum atomic E-state index is -3.71. The number of hydrogen-bond acceptors (Lipinski definition) is 5. The molecule has 1 fully saturated rings. The van der Waals surface area contributed by atoms with Crippen LogP contribution in [0.25, 0.3) is 10.2 Å². The van der Waals surface area contributed by atoms with Crippen LogP contribution >= 0.6 is 34.5 Å². The second kappa shape index (κ2) is 9.36. The molecule has 4 aromatic rings. The predicted molar refractivity (Wildman–Crippen MR) is 139 cm³/mol. The first-order valence-corrected chi connectivity index (χ1v) is 13.7. The predicted octanol–water partition coefficient (Wildman–Crippen LogP) is 4.93. The van der Waals surface area contributed by atoms with Crippen molar-refractivity contribution in [2.45, 2.75) is 11.4 Å². The molecular formula is C24H21Cl2N3O3S2. The molecule has 5 rings (SSSR count). The van der Waals surface area contributed by atoms with Crippen LogP contribution in [0.3, 0.4) is 0 Å². The number of rotatable bonds is 5. The van der Waals surface area contributed by atoms with Crippen molar-refractivity contribution in [3.05, 3.63) is 92.0 Å². The van der Waals surface area contributed by atoms with Gasteiger partial charge in [-0.05, 0) is 48.0 Å². The SMILES string of the molecule is O=c1sc2ccc(S(=O)(=O)N3CCN(c4cccc(Cl)c4)CC3)cc2n1Cc1ccccc1Cl. The van der Waals surface area contributed by atoms with Crippen LogP contribution in [0.5, 0.6) is 0 Å². The van der Waals surface area contributed by atoms with Crippen LogP contribution in [0, 0.1) is 0 Å². The van der Waals surface area contributed by atoms with Crippen molar-refractivity contribution in [1.29, 1.82) is 0 Å². The van der Waals surface area contributed by atoms with E-state index in [-0.39, 0.29) is 16.3 Å². The fraction of sp³-hybridized carbons (Fsp3) is 0.208. The lowest BCUT2D eigenvalue weighted by molar-refractivity contribution is 0.385. The minimum absolute atomic E-state index is 0.153. The molecule has 1 aliphatic heterocycles. The van der Waals surface area contributed by atoms with Gasteiger partial charge in [0, 0.05) is 41.9 Å². The van der Waals surface area contributed by atoms with Crippen molar-refractivity contribution in [3.8, 4) is 0 Å². The molecule has 0 N–H and O–H groups in total. The first-order valence-electron chi connectivity index (χ1n) is 10.7. The lowest BCUT2D eigenvalue weighted by atomic mass is 10.2. The molecule has 0 radical (unpaired) electrons. The number of aromatic nitrogens is 1. The summed E-state index contributed by atoms with van der Waals surface area (Å²) in [6.45, 7) is 2.14. The summed E-state index contributed by atoms with van der Waals surface area (Å²) in [5.74, 6) is 0. The molecule has 0 atom stereocenters. The molecule has 0 unspecified atom stereocenters. The van der Waals surface area contributed by atoms with E-state index in [0.29, 0.717) is 41.7 Å². The Bertz CT molecular complexity index is 1520. The Hall–Kier alpha value is -2.36. The molecule has 1 aliphatic rings. The van der Waals surface area contributed by atoms with E-state index in [2.05, 4.69) is 4.90 Å². The lowest BCUT2D eigenvalue weighted by Crippen LogP contribution is -2.48. The molecule has 6 nitrogen and oxygen atoms in total. The summed E-state index contributed by atoms with van der Waals surface area (Å²) < 4.78 is 30.7. The van der Waals surface area contributed by atoms with Gasteiger partial charge in [-0.1, -0.05) is 58.8 Å². The third-order valence-electron chi connectivity index (χ3n) is 5.97. The van der Waals surface area contributed by atoms with Crippen LogP contribution in [0.15, 0.2) is 76.4 Å². The van der Waals surface area contributed by atoms with Crippen LogP contribution < -0.4 is 9.77 Å². The third kappa shape index (κ3) is 4.48. The summed E-state index contributed by atoms with van der Waals surface area (Å²) in [5.41, 5.74) is 2.37. The van der Waals surface area contributed by atoms with Gasteiger partial charge in [-0.2, -0.15) is 4.31 Å². The van der Waals surface area contributed by atoms with E-state index in [1.165, 1.54) is 4.31 Å². The van der Waals surface area contributed by atoms with Crippen LogP contribution in [0.2, 0.25) is 10.0 Å². The molecule has 1 aromatic heterocycles. The first kappa shape index (κ1) is 23.4. The van der Waals surface area contributed by atoms with E-state index in [1.54, 1.807) is 28.8 Å². The van der Waals surface area contributed by atoms with Gasteiger partial charge in [0.2, 0.25) is 10.0 Å². The van der Waals surface area contributed by atoms with Crippen molar-refractivity contribution >= 4 is 60.5 Å². The normalized spacial score (nSPS) is 15.2. The summed E-state index contributed by atoms with van der Waals surface area (Å²) in [6, 6.07) is 19.8. The topological polar surface area (TPSA) is 62.6 Å². The van der Waals surface area contributed by atoms with Gasteiger partial charge in [-0.3, -0.25) is 9.36 Å². The molecular weight excluding hydrogens is 513 g/mol. The summed E-state index contributed by atoms with van der Waals surface area (Å²) >= 11 is 13.5. The average molecular weight is 534 g/mol. The van der Waals surface area contributed by atoms with E-state index >= 15 is 0 Å². The van der Waals surface area contributed by atoms with Crippen LogP contribution in [0.1, 0.15) is 5.56 Å². The fourth-order valence-corrected chi connectivity index (χ4v) is 6.85. The number of nitrogens with zero attached hydrogens (tertiary/aromatic N) is 3. The van der Waals surface area contributed by atoms with Gasteiger partial charge in [0.15, 0.2) is 0 Å². The number of benzene rings is 3. The lowest BCUT2D eigenvalue weighted by Gasteiger charge is -2.35. The Morgan fingerprint density at radius 1 is 0.882 bits per heavy atom. The highest BCUT2D eigenvalue weighted by Crippen LogP contribution is 2.27. The van der Waals surface area contributed by atoms with Gasteiger partial charge >= 0.3 is 4.87 Å². The molecule has 3 aromatic carbocycles. The number of anilines is 1. The van der Waals surface area contributed by atoms with E-state index < -0.39 is 10.0 Å². The van der Waals surface area contributed by atoms with Crippen molar-refractivity contribution in [2.24, 2.45) is 0 Å². The number of halogens is 2. The second-order valence-corrected chi connectivity index (χ2v) is 11.8. The highest BCUT2D eigenvalue weighted by Gasteiger charge is 2.29. The maximum Gasteiger partial charge on any atom is 0.308 e. The van der Waals surface area contributed by atoms with Gasteiger partial charge < -0.3 is 4.90 Å². The quantitative estimate of drug-likeness (QED) is 0.365. The Balaban J connectivity index is 1.41. The molecule has 0 amide bonds. The number of thiazole rings is 1. The number of fused-ring (bicyclic) bond motifs is 1. The monoisotopic (exact) mass is 533 g/mol. The summed E-state index contributed by atoms with van der Waals surface area (Å²) in [7, 11) is -3.71. The molecule has 1 saturated heterocycles. The Labute approximate surface area is 211 Å². The van der Waals surface area contributed by atoms with Crippen molar-refractivity contribution in [1.82, 2.24) is 8.87 Å². The molecule has 0 spiro atoms. The average Bonchev–Trinajstić information content (AvgIpc) is 3.15. The Kier molecular flexibility index (Phi) is 6.43. The zero-order valence-electron chi connectivity index (χ0n) is 18.0. The summed E-state index contributed by atoms with van der Waals surface area (Å²) in [5, 5.41) is 1.22. The van der Waals surface area contributed by atoms with Crippen LogP contribution in [0.4, 0.5) is 5.69 Å². The largest absolute Gasteiger partial charge is 0.369 e. The molecule has 34 heavy (non-hydrogen) atoms. The van der Waals surface area contributed by atoms with Crippen LogP contribution in [-0.4, -0.2) is 43.5 Å². The summed E-state index contributed by atoms with van der Waals surface area (Å²) in [6.07, 6.45) is 0. The number of hydrogen-bond donors (Lipinski definition) is 0. The van der Waals surface area contributed by atoms with E-state index in [9.17, 15) is 13.2 Å². The van der Waals surface area contributed by atoms with Crippen molar-refractivity contribution < 1.29 is 8.42 Å². The van der Waals surface area contributed by atoms with E-state index in [0.717, 1.165) is 27.3 Å². The molecule has 0 saturated carbocycles. The Morgan fingerprint density at radius 2 is 1.65 bits per heavy atom. The Morgan fingerprint density at radius 3 is 2.38 bits per heavy atom. The maximum absolute atomic E-state index is 13.4. The number of sulfonamides is 1. The molecule has 0 aliphatic carbocycles. The number of piperazine rings is 1. The fourth-order valence-electron chi connectivity index (χ4n) is 4.16. The van der Waals surface area contributed by atoms with E-state index in [4.69, 9.17) is 23.2 Å². The van der Waals surface area contributed by atoms with Gasteiger partial charge in [0.05, 0.1) is 21.7 Å². The van der Waals surface area contributed by atoms with Crippen molar-refractivity contribution in [2.75, 3.05) is 31.1 Å². The highest BCUT2D eigenvalue weighted by atomic mass is 35.5. The van der Waals surface area contributed by atoms with E-state index in [1.807, 2.05) is 42.5 Å². The third-order valence-corrected chi connectivity index (χ3v) is 9.43. The van der Waals surface area contributed by atoms with Gasteiger partial charge in [0.1, 0.15) is 0 Å². The second-order valence-electron chi connectivity index (χ2n) is 8.05. The van der Waals surface area contributed by atoms with Crippen molar-refractivity contribution in [3.63, 3.8) is 0 Å². The highest BCUT2D eigenvalue weighted by molar-refractivity contribution is 7.89. The zero-order valence-corrected chi connectivity index (χ0v) is 21.2. The van der Waals surface area contributed by atoms with Gasteiger partial charge in [0.25, 0.3) is 0 Å². The zero-order chi connectivity index (χ0) is 23.9. The molecule has 2 heterocycles. The first-order chi connectivity index (χ1) is 16.3. The maximum atomic E-state index is 13.4. The smallest absolute Gasteiger partial charge is 0.308 e. The molecule has 0 bridgehead atoms. The van der Waals surface area contributed by atoms with Gasteiger partial charge in [-0.25, -0.2) is 8.42 Å². The molecule has 10 heteroatoms. The summed E-state index contributed by atoms with van der Waals surface area (Å²) in [4.78, 5) is 14.8. The van der Waals surface area contributed by atoms with Gasteiger partial charge in [-0.15, -0.1) is 0 Å². The van der Waals surface area contributed by atoms with Crippen LogP contribution in [-0.2, 0) is 16.6 Å².